The third-order valence-electron chi connectivity index (χ3n) is 14.1. The molecule has 6 heteroatoms. The molecule has 5 aliphatic carbocycles. The second-order valence-corrected chi connectivity index (χ2v) is 15.6. The molecule has 0 aromatic rings. The third-order valence-corrected chi connectivity index (χ3v) is 14.1. The number of allylic oxidation sites excluding steroid dienone is 1. The van der Waals surface area contributed by atoms with Crippen LogP contribution in [0.3, 0.4) is 0 Å². The van der Waals surface area contributed by atoms with Crippen molar-refractivity contribution in [3.63, 3.8) is 0 Å². The molecular formula is C33H52O6. The number of aliphatic carboxylic acids is 1. The summed E-state index contributed by atoms with van der Waals surface area (Å²) in [5.74, 6) is 0.500. The molecule has 0 spiro atoms. The number of ether oxygens (including phenoxy) is 1. The average molecular weight is 545 g/mol. The minimum Gasteiger partial charge on any atom is -0.481 e. The Labute approximate surface area is 235 Å². The van der Waals surface area contributed by atoms with Gasteiger partial charge in [-0.15, -0.1) is 0 Å². The molecule has 0 aromatic carbocycles. The van der Waals surface area contributed by atoms with Crippen LogP contribution in [0.4, 0.5) is 0 Å². The Bertz CT molecular complexity index is 1040. The van der Waals surface area contributed by atoms with E-state index < -0.39 is 30.1 Å². The highest BCUT2D eigenvalue weighted by molar-refractivity contribution is 5.76. The van der Waals surface area contributed by atoms with Gasteiger partial charge in [0.05, 0.1) is 12.0 Å². The van der Waals surface area contributed by atoms with Gasteiger partial charge in [-0.2, -0.15) is 0 Å². The van der Waals surface area contributed by atoms with Crippen LogP contribution in [0.15, 0.2) is 12.2 Å². The largest absolute Gasteiger partial charge is 0.481 e. The van der Waals surface area contributed by atoms with E-state index in [-0.39, 0.29) is 33.7 Å². The van der Waals surface area contributed by atoms with Crippen molar-refractivity contribution in [2.75, 3.05) is 6.61 Å². The molecule has 0 bridgehead atoms. The van der Waals surface area contributed by atoms with Gasteiger partial charge in [0.15, 0.2) is 6.10 Å². The summed E-state index contributed by atoms with van der Waals surface area (Å²) in [5, 5.41) is 29.6. The number of carbonyl (C=O) groups is 2. The highest BCUT2D eigenvalue weighted by atomic mass is 16.6. The summed E-state index contributed by atoms with van der Waals surface area (Å²) >= 11 is 0. The number of hydrogen-bond donors (Lipinski definition) is 3. The summed E-state index contributed by atoms with van der Waals surface area (Å²) in [6.07, 6.45) is 7.88. The van der Waals surface area contributed by atoms with Gasteiger partial charge < -0.3 is 20.1 Å². The van der Waals surface area contributed by atoms with Crippen molar-refractivity contribution in [3.05, 3.63) is 12.2 Å². The molecule has 0 radical (unpaired) electrons. The second-order valence-electron chi connectivity index (χ2n) is 15.6. The monoisotopic (exact) mass is 544 g/mol. The van der Waals surface area contributed by atoms with Crippen molar-refractivity contribution in [1.82, 2.24) is 0 Å². The lowest BCUT2D eigenvalue weighted by Gasteiger charge is -2.72. The van der Waals surface area contributed by atoms with Gasteiger partial charge in [-0.25, -0.2) is 4.79 Å². The van der Waals surface area contributed by atoms with Crippen LogP contribution in [-0.4, -0.2) is 46.1 Å². The molecule has 3 N–H and O–H groups in total. The Morgan fingerprint density at radius 3 is 2.21 bits per heavy atom. The fourth-order valence-electron chi connectivity index (χ4n) is 12.0. The van der Waals surface area contributed by atoms with Crippen molar-refractivity contribution in [2.45, 2.75) is 118 Å². The van der Waals surface area contributed by atoms with Crippen LogP contribution in [0, 0.1) is 56.7 Å². The maximum absolute atomic E-state index is 12.9. The van der Waals surface area contributed by atoms with Crippen molar-refractivity contribution in [2.24, 2.45) is 56.7 Å². The highest BCUT2D eigenvalue weighted by Crippen LogP contribution is 2.77. The van der Waals surface area contributed by atoms with Gasteiger partial charge in [0.25, 0.3) is 0 Å². The predicted molar refractivity (Wildman–Crippen MR) is 150 cm³/mol. The maximum atomic E-state index is 12.9. The lowest BCUT2D eigenvalue weighted by atomic mass is 9.32. The Kier molecular flexibility index (Phi) is 6.94. The van der Waals surface area contributed by atoms with E-state index in [4.69, 9.17) is 4.74 Å². The third kappa shape index (κ3) is 3.78. The summed E-state index contributed by atoms with van der Waals surface area (Å²) in [6, 6.07) is 0. The minimum atomic E-state index is -1.48. The number of esters is 1. The van der Waals surface area contributed by atoms with E-state index in [1.165, 1.54) is 0 Å². The molecule has 5 rings (SSSR count). The second kappa shape index (κ2) is 9.31. The number of carboxylic acid groups (broad SMARTS) is 1. The summed E-state index contributed by atoms with van der Waals surface area (Å²) in [7, 11) is 0. The molecule has 5 saturated carbocycles. The van der Waals surface area contributed by atoms with E-state index >= 15 is 0 Å². The lowest BCUT2D eigenvalue weighted by molar-refractivity contribution is -0.251. The molecule has 11 atom stereocenters. The molecule has 39 heavy (non-hydrogen) atoms. The first kappa shape index (κ1) is 29.1. The van der Waals surface area contributed by atoms with Gasteiger partial charge in [-0.1, -0.05) is 46.8 Å². The standard InChI is InChI=1S/C33H52O6/c1-19(2)20-10-15-33(28(37)38)17-16-31(6)21(26(20)33)8-9-24-30(5)13-12-25(39-27(36)22(35)18-34)29(3,4)23(30)11-14-32(24,31)7/h20-26,34-35H,1,8-18H2,2-7H3,(H,37,38)/t20?,21?,22?,23?,24?,25-,26?,30-,31+,32+,33-/m0/s1. The fraction of sp³-hybridized carbons (Fsp3) is 0.879. The molecule has 5 fully saturated rings. The van der Waals surface area contributed by atoms with E-state index in [1.54, 1.807) is 0 Å². The number of hydrogen-bond acceptors (Lipinski definition) is 5. The van der Waals surface area contributed by atoms with Crippen LogP contribution in [-0.2, 0) is 14.3 Å². The average Bonchev–Trinajstić information content (AvgIpc) is 3.27. The van der Waals surface area contributed by atoms with E-state index in [0.717, 1.165) is 69.8 Å². The van der Waals surface area contributed by atoms with Gasteiger partial charge in [0.2, 0.25) is 0 Å². The SMILES string of the molecule is C=C(C)C1CC[C@]2(C(=O)O)CC[C@]3(C)C(CCC4[C@@]5(C)CC[C@H](OC(=O)C(O)CO)C(C)(C)C5CC[C@]43C)C12. The summed E-state index contributed by atoms with van der Waals surface area (Å²) in [6.45, 7) is 17.8. The first-order valence-corrected chi connectivity index (χ1v) is 15.5. The molecule has 0 aliphatic heterocycles. The molecular weight excluding hydrogens is 492 g/mol. The molecule has 0 saturated heterocycles. The van der Waals surface area contributed by atoms with Crippen LogP contribution in [0.1, 0.15) is 106 Å². The Balaban J connectivity index is 1.47. The minimum absolute atomic E-state index is 0.0875. The number of fused-ring (bicyclic) bond motifs is 7. The van der Waals surface area contributed by atoms with Crippen LogP contribution in [0.25, 0.3) is 0 Å². The van der Waals surface area contributed by atoms with Gasteiger partial charge in [0, 0.05) is 5.41 Å². The van der Waals surface area contributed by atoms with Gasteiger partial charge in [-0.3, -0.25) is 4.79 Å². The number of aliphatic hydroxyl groups is 2. The molecule has 0 aromatic heterocycles. The van der Waals surface area contributed by atoms with Gasteiger partial charge >= 0.3 is 11.9 Å². The van der Waals surface area contributed by atoms with Crippen molar-refractivity contribution < 1.29 is 29.6 Å². The van der Waals surface area contributed by atoms with Crippen molar-refractivity contribution in [1.29, 1.82) is 0 Å². The summed E-state index contributed by atoms with van der Waals surface area (Å²) in [5.41, 5.74) is 0.648. The highest BCUT2D eigenvalue weighted by Gasteiger charge is 2.72. The van der Waals surface area contributed by atoms with Crippen LogP contribution in [0.2, 0.25) is 0 Å². The maximum Gasteiger partial charge on any atom is 0.337 e. The zero-order valence-corrected chi connectivity index (χ0v) is 25.1. The summed E-state index contributed by atoms with van der Waals surface area (Å²) in [4.78, 5) is 25.3. The summed E-state index contributed by atoms with van der Waals surface area (Å²) < 4.78 is 5.82. The van der Waals surface area contributed by atoms with Crippen molar-refractivity contribution >= 4 is 11.9 Å². The molecule has 0 amide bonds. The smallest absolute Gasteiger partial charge is 0.337 e. The van der Waals surface area contributed by atoms with E-state index in [2.05, 4.69) is 48.1 Å². The topological polar surface area (TPSA) is 104 Å². The molecule has 220 valence electrons. The molecule has 6 unspecified atom stereocenters. The number of rotatable bonds is 5. The van der Waals surface area contributed by atoms with Crippen LogP contribution >= 0.6 is 0 Å². The lowest BCUT2D eigenvalue weighted by Crippen LogP contribution is -2.67. The molecule has 0 heterocycles. The molecule has 5 aliphatic rings. The first-order valence-electron chi connectivity index (χ1n) is 15.5. The number of carboxylic acids is 1. The zero-order valence-electron chi connectivity index (χ0n) is 25.1. The number of aliphatic hydroxyl groups excluding tert-OH is 2. The zero-order chi connectivity index (χ0) is 28.8. The van der Waals surface area contributed by atoms with Crippen LogP contribution in [0.5, 0.6) is 0 Å². The Morgan fingerprint density at radius 2 is 1.59 bits per heavy atom. The van der Waals surface area contributed by atoms with Crippen molar-refractivity contribution in [3.8, 4) is 0 Å². The van der Waals surface area contributed by atoms with E-state index in [9.17, 15) is 24.9 Å². The molecule has 6 nitrogen and oxygen atoms in total. The van der Waals surface area contributed by atoms with E-state index in [1.807, 2.05) is 0 Å². The number of carbonyl (C=O) groups excluding carboxylic acids is 1. The normalized spacial score (nSPS) is 49.0. The van der Waals surface area contributed by atoms with E-state index in [0.29, 0.717) is 23.7 Å². The Morgan fingerprint density at radius 1 is 0.897 bits per heavy atom. The first-order chi connectivity index (χ1) is 18.1. The van der Waals surface area contributed by atoms with Crippen LogP contribution < -0.4 is 0 Å². The quantitative estimate of drug-likeness (QED) is 0.290. The van der Waals surface area contributed by atoms with Gasteiger partial charge in [-0.05, 0) is 117 Å². The van der Waals surface area contributed by atoms with Gasteiger partial charge in [0.1, 0.15) is 6.10 Å². The Hall–Kier alpha value is -1.40. The predicted octanol–water partition coefficient (Wildman–Crippen LogP) is 5.99. The fourth-order valence-corrected chi connectivity index (χ4v) is 12.0.